The molecule has 0 saturated heterocycles. The molecule has 0 spiro atoms. The van der Waals surface area contributed by atoms with Gasteiger partial charge in [0.2, 0.25) is 0 Å². The Balaban J connectivity index is 1.64. The molecule has 4 aliphatic carbocycles. The molecule has 0 N–H and O–H groups in total. The minimum absolute atomic E-state index is 0.263. The van der Waals surface area contributed by atoms with Gasteiger partial charge in [0.15, 0.2) is 0 Å². The minimum Gasteiger partial charge on any atom is -0.0927 e. The maximum absolute atomic E-state index is 2.44. The summed E-state index contributed by atoms with van der Waals surface area (Å²) in [7, 11) is 0.526. The third-order valence-corrected chi connectivity index (χ3v) is 18.7. The van der Waals surface area contributed by atoms with Crippen molar-refractivity contribution in [3.8, 4) is 0 Å². The first-order valence-electron chi connectivity index (χ1n) is 15.4. The molecule has 0 amide bonds. The van der Waals surface area contributed by atoms with E-state index in [1.165, 1.54) is 40.9 Å². The van der Waals surface area contributed by atoms with Crippen molar-refractivity contribution in [2.75, 3.05) is 0 Å². The van der Waals surface area contributed by atoms with Crippen molar-refractivity contribution in [2.45, 2.75) is 189 Å². The molecule has 0 aliphatic heterocycles. The molecule has 0 aromatic heterocycles. The highest BCUT2D eigenvalue weighted by molar-refractivity contribution is 7.77. The Morgan fingerprint density at radius 1 is 0.469 bits per heavy atom. The van der Waals surface area contributed by atoms with Crippen LogP contribution in [-0.4, -0.2) is 28.0 Å². The molecule has 2 heteroatoms. The lowest BCUT2D eigenvalue weighted by Crippen LogP contribution is -2.32. The number of hydrogen-bond donors (Lipinski definition) is 0. The summed E-state index contributed by atoms with van der Waals surface area (Å²) in [6.07, 6.45) is 38.0. The van der Waals surface area contributed by atoms with Gasteiger partial charge < -0.3 is 0 Å². The smallest absolute Gasteiger partial charge is 0.000410 e. The molecule has 4 rings (SSSR count). The Hall–Kier alpha value is 0.860. The van der Waals surface area contributed by atoms with E-state index in [0.717, 1.165) is 0 Å². The molecule has 4 aliphatic rings. The van der Waals surface area contributed by atoms with Crippen molar-refractivity contribution >= 4 is 15.8 Å². The lowest BCUT2D eigenvalue weighted by molar-refractivity contribution is 0.474. The van der Waals surface area contributed by atoms with Gasteiger partial charge in [-0.25, -0.2) is 0 Å². The minimum atomic E-state index is 0.263. The highest BCUT2D eigenvalue weighted by Crippen LogP contribution is 2.73. The summed E-state index contributed by atoms with van der Waals surface area (Å²) in [6.45, 7) is 2.44. The summed E-state index contributed by atoms with van der Waals surface area (Å²) < 4.78 is 0. The molecule has 0 atom stereocenters. The largest absolute Gasteiger partial charge is 0.0927 e. The number of rotatable bonds is 10. The van der Waals surface area contributed by atoms with Crippen molar-refractivity contribution in [2.24, 2.45) is 0 Å². The van der Waals surface area contributed by atoms with Crippen LogP contribution >= 0.6 is 15.8 Å². The lowest BCUT2D eigenvalue weighted by atomic mass is 9.99. The van der Waals surface area contributed by atoms with Crippen LogP contribution in [0.4, 0.5) is 0 Å². The van der Waals surface area contributed by atoms with Gasteiger partial charge >= 0.3 is 0 Å². The molecule has 0 heterocycles. The molecule has 0 aromatic carbocycles. The van der Waals surface area contributed by atoms with Crippen LogP contribution in [0.1, 0.15) is 161 Å². The van der Waals surface area contributed by atoms with E-state index in [2.05, 4.69) is 6.92 Å². The average molecular weight is 479 g/mol. The van der Waals surface area contributed by atoms with Crippen molar-refractivity contribution in [1.29, 1.82) is 0 Å². The van der Waals surface area contributed by atoms with E-state index in [9.17, 15) is 0 Å². The van der Waals surface area contributed by atoms with E-state index in [4.69, 9.17) is 0 Å². The third kappa shape index (κ3) is 7.19. The van der Waals surface area contributed by atoms with Crippen LogP contribution in [0, 0.1) is 0 Å². The Bertz CT molecular complexity index is 405. The van der Waals surface area contributed by atoms with E-state index in [-0.39, 0.29) is 15.8 Å². The number of unbranched alkanes of at least 4 members (excludes halogenated alkanes) is 2. The standard InChI is InChI=1S/C30H56P2/c1-2-3-8-25-30(31(26-17-9-4-10-18-26)27-19-11-5-12-20-27)32(28-21-13-6-14-22-28)29-23-15-7-16-24-29/h26-30H,2-25H2,1H3. The van der Waals surface area contributed by atoms with Crippen molar-refractivity contribution < 1.29 is 0 Å². The van der Waals surface area contributed by atoms with Crippen molar-refractivity contribution in [1.82, 2.24) is 0 Å². The second-order valence-corrected chi connectivity index (χ2v) is 18.4. The van der Waals surface area contributed by atoms with Crippen molar-refractivity contribution in [3.63, 3.8) is 0 Å². The molecule has 4 saturated carbocycles. The molecule has 0 aromatic rings. The van der Waals surface area contributed by atoms with Crippen LogP contribution in [0.25, 0.3) is 0 Å². The van der Waals surface area contributed by atoms with Gasteiger partial charge in [0, 0.05) is 5.40 Å². The topological polar surface area (TPSA) is 0 Å². The molecule has 0 bridgehead atoms. The molecular weight excluding hydrogens is 422 g/mol. The van der Waals surface area contributed by atoms with Crippen LogP contribution in [0.2, 0.25) is 0 Å². The summed E-state index contributed by atoms with van der Waals surface area (Å²) >= 11 is 0. The highest BCUT2D eigenvalue weighted by atomic mass is 31.2. The van der Waals surface area contributed by atoms with Gasteiger partial charge in [-0.1, -0.05) is 119 Å². The van der Waals surface area contributed by atoms with E-state index in [1.54, 1.807) is 141 Å². The molecule has 4 fully saturated rings. The van der Waals surface area contributed by atoms with E-state index in [0.29, 0.717) is 0 Å². The molecule has 0 nitrogen and oxygen atoms in total. The first kappa shape index (κ1) is 25.9. The van der Waals surface area contributed by atoms with Gasteiger partial charge in [-0.05, 0) is 80.4 Å². The first-order valence-corrected chi connectivity index (χ1v) is 18.5. The van der Waals surface area contributed by atoms with Gasteiger partial charge in [-0.2, -0.15) is 0 Å². The van der Waals surface area contributed by atoms with Gasteiger partial charge in [0.25, 0.3) is 0 Å². The fraction of sp³-hybridized carbons (Fsp3) is 1.00. The number of hydrogen-bond acceptors (Lipinski definition) is 0. The Kier molecular flexibility index (Phi) is 11.7. The summed E-state index contributed by atoms with van der Waals surface area (Å²) in [5, 5.41) is 1.21. The molecule has 0 unspecified atom stereocenters. The van der Waals surface area contributed by atoms with Crippen LogP contribution in [0.15, 0.2) is 0 Å². The Labute approximate surface area is 204 Å². The van der Waals surface area contributed by atoms with Crippen LogP contribution in [0.3, 0.4) is 0 Å². The van der Waals surface area contributed by atoms with E-state index < -0.39 is 0 Å². The zero-order valence-corrected chi connectivity index (χ0v) is 23.5. The molecular formula is C30H56P2. The maximum atomic E-state index is 2.44. The van der Waals surface area contributed by atoms with E-state index >= 15 is 0 Å². The van der Waals surface area contributed by atoms with E-state index in [1.807, 2.05) is 0 Å². The van der Waals surface area contributed by atoms with Gasteiger partial charge in [-0.3, -0.25) is 0 Å². The molecule has 0 radical (unpaired) electrons. The van der Waals surface area contributed by atoms with Crippen LogP contribution in [-0.2, 0) is 0 Å². The maximum Gasteiger partial charge on any atom is 0.000410 e. The second-order valence-electron chi connectivity index (χ2n) is 12.0. The average Bonchev–Trinajstić information content (AvgIpc) is 2.87. The van der Waals surface area contributed by atoms with Crippen molar-refractivity contribution in [3.05, 3.63) is 0 Å². The van der Waals surface area contributed by atoms with Gasteiger partial charge in [-0.15, -0.1) is 0 Å². The predicted octanol–water partition coefficient (Wildman–Crippen LogP) is 11.2. The summed E-state index contributed by atoms with van der Waals surface area (Å²) in [4.78, 5) is 0. The second kappa shape index (κ2) is 14.4. The fourth-order valence-corrected chi connectivity index (χ4v) is 19.6. The summed E-state index contributed by atoms with van der Waals surface area (Å²) in [5.41, 5.74) is 4.69. The van der Waals surface area contributed by atoms with Gasteiger partial charge in [0.1, 0.15) is 0 Å². The fourth-order valence-electron chi connectivity index (χ4n) is 8.12. The normalized spacial score (nSPS) is 25.9. The molecule has 186 valence electrons. The summed E-state index contributed by atoms with van der Waals surface area (Å²) in [6, 6.07) is 0. The van der Waals surface area contributed by atoms with Gasteiger partial charge in [0.05, 0.1) is 0 Å². The zero-order valence-electron chi connectivity index (χ0n) is 21.8. The third-order valence-electron chi connectivity index (χ3n) is 9.74. The zero-order chi connectivity index (χ0) is 22.0. The first-order chi connectivity index (χ1) is 15.9. The predicted molar refractivity (Wildman–Crippen MR) is 149 cm³/mol. The summed E-state index contributed by atoms with van der Waals surface area (Å²) in [5.74, 6) is 0. The molecule has 32 heavy (non-hydrogen) atoms. The van der Waals surface area contributed by atoms with Crippen LogP contribution < -0.4 is 0 Å². The highest BCUT2D eigenvalue weighted by Gasteiger charge is 2.44. The Morgan fingerprint density at radius 3 is 1.06 bits per heavy atom. The van der Waals surface area contributed by atoms with Crippen LogP contribution in [0.5, 0.6) is 0 Å². The lowest BCUT2D eigenvalue weighted by Gasteiger charge is -2.51. The quantitative estimate of drug-likeness (QED) is 0.216. The monoisotopic (exact) mass is 478 g/mol. The Morgan fingerprint density at radius 2 is 0.781 bits per heavy atom. The SMILES string of the molecule is CCCCCC(P(C1CCCCC1)C1CCCCC1)P(C1CCCCC1)C1CCCCC1.